The van der Waals surface area contributed by atoms with Crippen LogP contribution in [0.2, 0.25) is 0 Å². The molecule has 0 amide bonds. The van der Waals surface area contributed by atoms with Crippen molar-refractivity contribution >= 4 is 5.78 Å². The Morgan fingerprint density at radius 3 is 1.87 bits per heavy atom. The van der Waals surface area contributed by atoms with Crippen molar-refractivity contribution in [2.24, 2.45) is 0 Å². The number of Topliss-reactive ketones (excluding diaryl/α,β-unsaturated/α-hetero) is 1. The Balaban J connectivity index is 3.08. The topological polar surface area (TPSA) is 17.1 Å². The number of carbonyl (C=O) groups is 1. The standard InChI is InChI=1S/C12H22F2O/c1-2-3-4-5-6-7-8-9-10-11(15)12(13)14/h12H,2-10H2,1H3. The van der Waals surface area contributed by atoms with E-state index in [0.29, 0.717) is 6.42 Å². The van der Waals surface area contributed by atoms with E-state index in [2.05, 4.69) is 6.92 Å². The zero-order valence-electron chi connectivity index (χ0n) is 9.61. The lowest BCUT2D eigenvalue weighted by Crippen LogP contribution is -2.08. The summed E-state index contributed by atoms with van der Waals surface area (Å²) in [5.74, 6) is -0.902. The van der Waals surface area contributed by atoms with Gasteiger partial charge in [-0.25, -0.2) is 8.78 Å². The summed E-state index contributed by atoms with van der Waals surface area (Å²) in [6, 6.07) is 0. The van der Waals surface area contributed by atoms with E-state index in [1.807, 2.05) is 0 Å². The molecule has 0 rings (SSSR count). The quantitative estimate of drug-likeness (QED) is 0.500. The molecule has 0 radical (unpaired) electrons. The maximum atomic E-state index is 11.8. The highest BCUT2D eigenvalue weighted by molar-refractivity contribution is 5.81. The van der Waals surface area contributed by atoms with E-state index >= 15 is 0 Å². The van der Waals surface area contributed by atoms with Crippen LogP contribution >= 0.6 is 0 Å². The minimum absolute atomic E-state index is 0.0482. The lowest BCUT2D eigenvalue weighted by atomic mass is 10.1. The zero-order chi connectivity index (χ0) is 11.5. The van der Waals surface area contributed by atoms with Crippen LogP contribution in [0.5, 0.6) is 0 Å². The van der Waals surface area contributed by atoms with Crippen molar-refractivity contribution in [2.45, 2.75) is 71.1 Å². The fourth-order valence-corrected chi connectivity index (χ4v) is 1.54. The van der Waals surface area contributed by atoms with Crippen LogP contribution in [0.25, 0.3) is 0 Å². The summed E-state index contributed by atoms with van der Waals surface area (Å²) in [5.41, 5.74) is 0. The molecule has 0 fully saturated rings. The van der Waals surface area contributed by atoms with E-state index in [0.717, 1.165) is 12.8 Å². The lowest BCUT2D eigenvalue weighted by molar-refractivity contribution is -0.129. The molecule has 0 heterocycles. The monoisotopic (exact) mass is 220 g/mol. The summed E-state index contributed by atoms with van der Waals surface area (Å²) in [4.78, 5) is 10.6. The van der Waals surface area contributed by atoms with Gasteiger partial charge in [0, 0.05) is 6.42 Å². The molecule has 15 heavy (non-hydrogen) atoms. The predicted octanol–water partition coefficient (Wildman–Crippen LogP) is 4.35. The van der Waals surface area contributed by atoms with Crippen LogP contribution < -0.4 is 0 Å². The third-order valence-electron chi connectivity index (χ3n) is 2.52. The molecule has 3 heteroatoms. The molecule has 0 aromatic carbocycles. The maximum absolute atomic E-state index is 11.8. The molecule has 0 saturated carbocycles. The van der Waals surface area contributed by atoms with E-state index in [1.54, 1.807) is 0 Å². The highest BCUT2D eigenvalue weighted by atomic mass is 19.3. The number of hydrogen-bond acceptors (Lipinski definition) is 1. The van der Waals surface area contributed by atoms with Crippen molar-refractivity contribution in [2.75, 3.05) is 0 Å². The van der Waals surface area contributed by atoms with Crippen LogP contribution in [0.3, 0.4) is 0 Å². The summed E-state index contributed by atoms with van der Waals surface area (Å²) >= 11 is 0. The van der Waals surface area contributed by atoms with Crippen LogP contribution in [-0.4, -0.2) is 12.2 Å². The molecule has 0 unspecified atom stereocenters. The lowest BCUT2D eigenvalue weighted by Gasteiger charge is -2.01. The molecule has 90 valence electrons. The Labute approximate surface area is 91.2 Å². The van der Waals surface area contributed by atoms with E-state index in [9.17, 15) is 13.6 Å². The van der Waals surface area contributed by atoms with E-state index in [4.69, 9.17) is 0 Å². The van der Waals surface area contributed by atoms with Crippen molar-refractivity contribution in [1.29, 1.82) is 0 Å². The molecule has 0 N–H and O–H groups in total. The summed E-state index contributed by atoms with van der Waals surface area (Å²) < 4.78 is 23.6. The summed E-state index contributed by atoms with van der Waals surface area (Å²) in [5, 5.41) is 0. The summed E-state index contributed by atoms with van der Waals surface area (Å²) in [6.45, 7) is 2.18. The number of unbranched alkanes of at least 4 members (excludes halogenated alkanes) is 7. The largest absolute Gasteiger partial charge is 0.295 e. The van der Waals surface area contributed by atoms with Crippen LogP contribution in [0, 0.1) is 0 Å². The molecular weight excluding hydrogens is 198 g/mol. The minimum Gasteiger partial charge on any atom is -0.293 e. The Hall–Kier alpha value is -0.470. The number of halogens is 2. The van der Waals surface area contributed by atoms with Crippen molar-refractivity contribution < 1.29 is 13.6 Å². The van der Waals surface area contributed by atoms with E-state index in [-0.39, 0.29) is 6.42 Å². The van der Waals surface area contributed by atoms with Gasteiger partial charge in [-0.2, -0.15) is 0 Å². The first kappa shape index (κ1) is 14.5. The second kappa shape index (κ2) is 10.1. The minimum atomic E-state index is -2.77. The first-order valence-electron chi connectivity index (χ1n) is 5.99. The maximum Gasteiger partial charge on any atom is 0.295 e. The number of carbonyl (C=O) groups excluding carboxylic acids is 1. The van der Waals surface area contributed by atoms with Crippen molar-refractivity contribution in [3.63, 3.8) is 0 Å². The average molecular weight is 220 g/mol. The molecular formula is C12H22F2O. The molecule has 0 aliphatic rings. The fourth-order valence-electron chi connectivity index (χ4n) is 1.54. The second-order valence-corrected chi connectivity index (χ2v) is 3.99. The number of ketones is 1. The smallest absolute Gasteiger partial charge is 0.293 e. The third-order valence-corrected chi connectivity index (χ3v) is 2.52. The van der Waals surface area contributed by atoms with Crippen LogP contribution in [-0.2, 0) is 4.79 Å². The molecule has 0 aromatic rings. The molecule has 0 bridgehead atoms. The van der Waals surface area contributed by atoms with Crippen molar-refractivity contribution in [1.82, 2.24) is 0 Å². The van der Waals surface area contributed by atoms with Crippen LogP contribution in [0.15, 0.2) is 0 Å². The van der Waals surface area contributed by atoms with Gasteiger partial charge in [-0.05, 0) is 6.42 Å². The zero-order valence-corrected chi connectivity index (χ0v) is 9.61. The van der Waals surface area contributed by atoms with Gasteiger partial charge >= 0.3 is 0 Å². The third kappa shape index (κ3) is 9.83. The van der Waals surface area contributed by atoms with Crippen LogP contribution in [0.4, 0.5) is 8.78 Å². The summed E-state index contributed by atoms with van der Waals surface area (Å²) in [6.07, 6.45) is 6.07. The van der Waals surface area contributed by atoms with Gasteiger partial charge < -0.3 is 0 Å². The van der Waals surface area contributed by atoms with Gasteiger partial charge in [0.05, 0.1) is 0 Å². The highest BCUT2D eigenvalue weighted by Gasteiger charge is 2.13. The molecule has 0 aromatic heterocycles. The van der Waals surface area contributed by atoms with Gasteiger partial charge in [-0.15, -0.1) is 0 Å². The Morgan fingerprint density at radius 2 is 1.40 bits per heavy atom. The van der Waals surface area contributed by atoms with Gasteiger partial charge in [-0.3, -0.25) is 4.79 Å². The van der Waals surface area contributed by atoms with Gasteiger partial charge in [0.2, 0.25) is 0 Å². The van der Waals surface area contributed by atoms with Crippen molar-refractivity contribution in [3.8, 4) is 0 Å². The van der Waals surface area contributed by atoms with E-state index in [1.165, 1.54) is 32.1 Å². The number of alkyl halides is 2. The average Bonchev–Trinajstić information content (AvgIpc) is 2.21. The molecule has 1 nitrogen and oxygen atoms in total. The fraction of sp³-hybridized carbons (Fsp3) is 0.917. The number of rotatable bonds is 10. The SMILES string of the molecule is CCCCCCCCCCC(=O)C(F)F. The number of hydrogen-bond donors (Lipinski definition) is 0. The molecule has 0 aliphatic carbocycles. The van der Waals surface area contributed by atoms with Gasteiger partial charge in [0.1, 0.15) is 0 Å². The predicted molar refractivity (Wildman–Crippen MR) is 58.2 cm³/mol. The first-order valence-corrected chi connectivity index (χ1v) is 5.99. The second-order valence-electron chi connectivity index (χ2n) is 3.99. The highest BCUT2D eigenvalue weighted by Crippen LogP contribution is 2.10. The van der Waals surface area contributed by atoms with Crippen LogP contribution in [0.1, 0.15) is 64.7 Å². The Kier molecular flexibility index (Phi) is 9.75. The summed E-state index contributed by atoms with van der Waals surface area (Å²) in [7, 11) is 0. The van der Waals surface area contributed by atoms with E-state index < -0.39 is 12.2 Å². The van der Waals surface area contributed by atoms with Crippen molar-refractivity contribution in [3.05, 3.63) is 0 Å². The first-order chi connectivity index (χ1) is 7.18. The van der Waals surface area contributed by atoms with Gasteiger partial charge in [0.25, 0.3) is 6.43 Å². The Morgan fingerprint density at radius 1 is 0.933 bits per heavy atom. The molecule has 0 atom stereocenters. The molecule has 0 saturated heterocycles. The normalized spacial score (nSPS) is 10.9. The molecule has 0 spiro atoms. The van der Waals surface area contributed by atoms with Gasteiger partial charge in [-0.1, -0.05) is 51.9 Å². The Bertz CT molecular complexity index is 158. The van der Waals surface area contributed by atoms with Gasteiger partial charge in [0.15, 0.2) is 5.78 Å². The molecule has 0 aliphatic heterocycles.